The second-order valence-corrected chi connectivity index (χ2v) is 7.86. The number of piperidine rings is 1. The van der Waals surface area contributed by atoms with Crippen LogP contribution in [0.5, 0.6) is 5.88 Å². The molecule has 1 aromatic carbocycles. The minimum absolute atomic E-state index is 0.193. The summed E-state index contributed by atoms with van der Waals surface area (Å²) >= 11 is 0. The molecule has 2 aliphatic rings. The number of hydrogen-bond donors (Lipinski definition) is 1. The molecule has 1 atom stereocenters. The van der Waals surface area contributed by atoms with Crippen LogP contribution in [0.4, 0.5) is 0 Å². The third kappa shape index (κ3) is 3.13. The fraction of sp³-hybridized carbons (Fsp3) is 0.261. The highest BCUT2D eigenvalue weighted by Crippen LogP contribution is 2.38. The van der Waals surface area contributed by atoms with Gasteiger partial charge in [0.1, 0.15) is 6.04 Å². The number of methoxy groups -OCH3 is 1. The van der Waals surface area contributed by atoms with E-state index in [1.54, 1.807) is 35.2 Å². The van der Waals surface area contributed by atoms with E-state index in [4.69, 9.17) is 4.74 Å². The van der Waals surface area contributed by atoms with Crippen LogP contribution in [0.3, 0.4) is 0 Å². The molecule has 0 saturated carbocycles. The van der Waals surface area contributed by atoms with Crippen LogP contribution in [-0.4, -0.2) is 50.5 Å². The minimum Gasteiger partial charge on any atom is -0.481 e. The van der Waals surface area contributed by atoms with Crippen molar-refractivity contribution in [3.8, 4) is 28.3 Å². The van der Waals surface area contributed by atoms with E-state index in [-0.39, 0.29) is 18.2 Å². The van der Waals surface area contributed by atoms with Gasteiger partial charge in [0.05, 0.1) is 24.6 Å². The van der Waals surface area contributed by atoms with E-state index < -0.39 is 11.9 Å². The summed E-state index contributed by atoms with van der Waals surface area (Å²) in [6, 6.07) is 8.76. The van der Waals surface area contributed by atoms with Crippen molar-refractivity contribution in [2.24, 2.45) is 7.05 Å². The van der Waals surface area contributed by atoms with Crippen LogP contribution in [0.2, 0.25) is 0 Å². The Kier molecular flexibility index (Phi) is 4.73. The maximum atomic E-state index is 13.0. The van der Waals surface area contributed by atoms with Gasteiger partial charge in [0.25, 0.3) is 5.91 Å². The number of benzene rings is 1. The monoisotopic (exact) mass is 431 g/mol. The van der Waals surface area contributed by atoms with Crippen LogP contribution in [0, 0.1) is 0 Å². The molecule has 0 aliphatic carbocycles. The standard InChI is InChI=1S/C23H21N5O4/c1-27-20(16-4-3-9-24-22(16)32-2)17(11-25-27)13-5-6-15-14(10-13)12-28(23(15)31)18-7-8-19(29)26-21(18)30/h3-6,9-11,18H,7-8,12H2,1-2H3,(H,26,29,30). The second-order valence-electron chi connectivity index (χ2n) is 7.86. The van der Waals surface area contributed by atoms with Gasteiger partial charge in [-0.1, -0.05) is 6.07 Å². The lowest BCUT2D eigenvalue weighted by Gasteiger charge is -2.29. The fourth-order valence-corrected chi connectivity index (χ4v) is 4.44. The lowest BCUT2D eigenvalue weighted by Crippen LogP contribution is -2.52. The molecular formula is C23H21N5O4. The molecule has 4 heterocycles. The van der Waals surface area contributed by atoms with E-state index in [0.29, 0.717) is 24.4 Å². The highest BCUT2D eigenvalue weighted by Gasteiger charge is 2.39. The zero-order chi connectivity index (χ0) is 22.4. The summed E-state index contributed by atoms with van der Waals surface area (Å²) in [6.07, 6.45) is 4.01. The summed E-state index contributed by atoms with van der Waals surface area (Å²) < 4.78 is 7.20. The van der Waals surface area contributed by atoms with Gasteiger partial charge in [-0.15, -0.1) is 0 Å². The Morgan fingerprint density at radius 1 is 1.12 bits per heavy atom. The van der Waals surface area contributed by atoms with Crippen LogP contribution < -0.4 is 10.1 Å². The highest BCUT2D eigenvalue weighted by molar-refractivity contribution is 6.05. The molecule has 2 aromatic heterocycles. The Labute approximate surface area is 184 Å². The minimum atomic E-state index is -0.635. The Morgan fingerprint density at radius 3 is 2.75 bits per heavy atom. The predicted molar refractivity (Wildman–Crippen MR) is 114 cm³/mol. The third-order valence-corrected chi connectivity index (χ3v) is 5.99. The van der Waals surface area contributed by atoms with Gasteiger partial charge < -0.3 is 9.64 Å². The van der Waals surface area contributed by atoms with E-state index in [1.165, 1.54) is 0 Å². The van der Waals surface area contributed by atoms with E-state index in [1.807, 2.05) is 31.3 Å². The number of aryl methyl sites for hydroxylation is 1. The van der Waals surface area contributed by atoms with Crippen LogP contribution in [0.1, 0.15) is 28.8 Å². The summed E-state index contributed by atoms with van der Waals surface area (Å²) in [5, 5.41) is 6.76. The van der Waals surface area contributed by atoms with E-state index >= 15 is 0 Å². The normalized spacial score (nSPS) is 18.0. The molecule has 3 amide bonds. The van der Waals surface area contributed by atoms with Crippen molar-refractivity contribution < 1.29 is 19.1 Å². The van der Waals surface area contributed by atoms with Crippen molar-refractivity contribution in [2.75, 3.05) is 7.11 Å². The molecule has 3 aromatic rings. The first-order valence-corrected chi connectivity index (χ1v) is 10.3. The number of pyridine rings is 1. The summed E-state index contributed by atoms with van der Waals surface area (Å²) in [5.41, 5.74) is 4.85. The molecule has 1 saturated heterocycles. The number of rotatable bonds is 4. The smallest absolute Gasteiger partial charge is 0.255 e. The number of carbonyl (C=O) groups is 3. The Bertz CT molecular complexity index is 1270. The largest absolute Gasteiger partial charge is 0.481 e. The number of carbonyl (C=O) groups excluding carboxylic acids is 3. The Hall–Kier alpha value is -4.01. The number of nitrogens with one attached hydrogen (secondary N) is 1. The average molecular weight is 431 g/mol. The van der Waals surface area contributed by atoms with Gasteiger partial charge in [0, 0.05) is 37.3 Å². The van der Waals surface area contributed by atoms with Crippen molar-refractivity contribution in [1.82, 2.24) is 25.0 Å². The van der Waals surface area contributed by atoms with Crippen molar-refractivity contribution in [2.45, 2.75) is 25.4 Å². The molecule has 0 bridgehead atoms. The number of nitrogens with zero attached hydrogens (tertiary/aromatic N) is 4. The molecule has 9 nitrogen and oxygen atoms in total. The van der Waals surface area contributed by atoms with Crippen molar-refractivity contribution in [3.63, 3.8) is 0 Å². The van der Waals surface area contributed by atoms with Gasteiger partial charge in [-0.3, -0.25) is 24.4 Å². The summed E-state index contributed by atoms with van der Waals surface area (Å²) in [7, 11) is 3.43. The zero-order valence-corrected chi connectivity index (χ0v) is 17.7. The zero-order valence-electron chi connectivity index (χ0n) is 17.7. The van der Waals surface area contributed by atoms with E-state index in [9.17, 15) is 14.4 Å². The highest BCUT2D eigenvalue weighted by atomic mass is 16.5. The van der Waals surface area contributed by atoms with E-state index in [2.05, 4.69) is 15.4 Å². The van der Waals surface area contributed by atoms with Crippen molar-refractivity contribution in [1.29, 1.82) is 0 Å². The topological polar surface area (TPSA) is 106 Å². The van der Waals surface area contributed by atoms with E-state index in [0.717, 1.165) is 27.9 Å². The third-order valence-electron chi connectivity index (χ3n) is 5.99. The Balaban J connectivity index is 1.51. The molecular weight excluding hydrogens is 410 g/mol. The van der Waals surface area contributed by atoms with Gasteiger partial charge >= 0.3 is 0 Å². The van der Waals surface area contributed by atoms with Crippen molar-refractivity contribution >= 4 is 17.7 Å². The van der Waals surface area contributed by atoms with Gasteiger partial charge in [-0.2, -0.15) is 5.10 Å². The Morgan fingerprint density at radius 2 is 1.97 bits per heavy atom. The number of aromatic nitrogens is 3. The molecule has 1 fully saturated rings. The number of ether oxygens (including phenoxy) is 1. The summed E-state index contributed by atoms with van der Waals surface area (Å²) in [6.45, 7) is 0.320. The molecule has 2 aliphatic heterocycles. The maximum absolute atomic E-state index is 13.0. The van der Waals surface area contributed by atoms with Gasteiger partial charge in [-0.05, 0) is 41.8 Å². The van der Waals surface area contributed by atoms with Crippen LogP contribution in [0.25, 0.3) is 22.4 Å². The summed E-state index contributed by atoms with van der Waals surface area (Å²) in [5.74, 6) is -0.410. The average Bonchev–Trinajstić information content (AvgIpc) is 3.33. The first-order chi connectivity index (χ1) is 15.5. The maximum Gasteiger partial charge on any atom is 0.255 e. The first-order valence-electron chi connectivity index (χ1n) is 10.3. The number of imide groups is 1. The van der Waals surface area contributed by atoms with Gasteiger partial charge in [0.15, 0.2) is 0 Å². The fourth-order valence-electron chi connectivity index (χ4n) is 4.44. The molecule has 1 unspecified atom stereocenters. The van der Waals surface area contributed by atoms with Crippen molar-refractivity contribution in [3.05, 3.63) is 53.9 Å². The molecule has 5 rings (SSSR count). The lowest BCUT2D eigenvalue weighted by atomic mass is 9.98. The van der Waals surface area contributed by atoms with Gasteiger partial charge in [0.2, 0.25) is 17.7 Å². The molecule has 0 spiro atoms. The molecule has 32 heavy (non-hydrogen) atoms. The molecule has 162 valence electrons. The number of fused-ring (bicyclic) bond motifs is 1. The lowest BCUT2D eigenvalue weighted by molar-refractivity contribution is -0.136. The van der Waals surface area contributed by atoms with Gasteiger partial charge in [-0.25, -0.2) is 4.98 Å². The SMILES string of the molecule is COc1ncccc1-c1c(-c2ccc3c(c2)CN(C2CCC(=O)NC2=O)C3=O)cnn1C. The predicted octanol–water partition coefficient (Wildman–Crippen LogP) is 1.92. The quantitative estimate of drug-likeness (QED) is 0.633. The van der Waals surface area contributed by atoms with Crippen LogP contribution in [0.15, 0.2) is 42.7 Å². The molecule has 9 heteroatoms. The summed E-state index contributed by atoms with van der Waals surface area (Å²) in [4.78, 5) is 42.6. The molecule has 0 radical (unpaired) electrons. The van der Waals surface area contributed by atoms with Crippen LogP contribution in [-0.2, 0) is 23.2 Å². The second kappa shape index (κ2) is 7.60. The first kappa shape index (κ1) is 19.9. The van der Waals surface area contributed by atoms with Crippen LogP contribution >= 0.6 is 0 Å². The molecule has 1 N–H and O–H groups in total. The number of hydrogen-bond acceptors (Lipinski definition) is 6. The number of amides is 3.